The van der Waals surface area contributed by atoms with Crippen LogP contribution in [0.3, 0.4) is 0 Å². The molecule has 3 aromatic carbocycles. The van der Waals surface area contributed by atoms with E-state index in [1.807, 2.05) is 6.92 Å². The average Bonchev–Trinajstić information content (AvgIpc) is 2.73. The smallest absolute Gasteiger partial charge is 0.186 e. The zero-order chi connectivity index (χ0) is 20.5. The quantitative estimate of drug-likeness (QED) is 0.506. The molecule has 150 valence electrons. The number of aryl methyl sites for hydroxylation is 1. The van der Waals surface area contributed by atoms with E-state index in [9.17, 15) is 13.2 Å². The van der Waals surface area contributed by atoms with E-state index in [4.69, 9.17) is 9.47 Å². The number of ether oxygens (including phenoxy) is 2. The van der Waals surface area contributed by atoms with Crippen molar-refractivity contribution in [3.8, 4) is 22.3 Å². The monoisotopic (exact) mass is 398 g/mol. The van der Waals surface area contributed by atoms with Gasteiger partial charge in [0.05, 0.1) is 13.2 Å². The first-order valence-electron chi connectivity index (χ1n) is 9.52. The van der Waals surface area contributed by atoms with Crippen molar-refractivity contribution in [2.24, 2.45) is 5.92 Å². The van der Waals surface area contributed by atoms with E-state index >= 15 is 0 Å². The van der Waals surface area contributed by atoms with Gasteiger partial charge >= 0.3 is 0 Å². The van der Waals surface area contributed by atoms with Gasteiger partial charge < -0.3 is 9.47 Å². The van der Waals surface area contributed by atoms with Gasteiger partial charge in [-0.1, -0.05) is 55.5 Å². The van der Waals surface area contributed by atoms with Crippen LogP contribution in [0.1, 0.15) is 24.3 Å². The Balaban J connectivity index is 1.58. The molecule has 0 amide bonds. The first-order valence-corrected chi connectivity index (χ1v) is 9.52. The molecular weight excluding hydrogens is 377 g/mol. The summed E-state index contributed by atoms with van der Waals surface area (Å²) in [4.78, 5) is 0. The minimum absolute atomic E-state index is 0.196. The Morgan fingerprint density at radius 1 is 0.759 bits per heavy atom. The zero-order valence-electron chi connectivity index (χ0n) is 16.2. The van der Waals surface area contributed by atoms with Crippen molar-refractivity contribution in [1.29, 1.82) is 0 Å². The molecule has 0 aromatic heterocycles. The van der Waals surface area contributed by atoms with Crippen molar-refractivity contribution in [3.63, 3.8) is 0 Å². The van der Waals surface area contributed by atoms with E-state index in [2.05, 4.69) is 0 Å². The van der Waals surface area contributed by atoms with Gasteiger partial charge in [0.15, 0.2) is 17.9 Å². The van der Waals surface area contributed by atoms with Crippen molar-refractivity contribution in [1.82, 2.24) is 0 Å². The minimum atomic E-state index is -0.866. The van der Waals surface area contributed by atoms with Gasteiger partial charge in [0.2, 0.25) is 0 Å². The second-order valence-electron chi connectivity index (χ2n) is 7.48. The maximum absolute atomic E-state index is 14.6. The highest BCUT2D eigenvalue weighted by molar-refractivity contribution is 5.71. The summed E-state index contributed by atoms with van der Waals surface area (Å²) in [5, 5.41) is 0. The minimum Gasteiger partial charge on any atom is -0.348 e. The van der Waals surface area contributed by atoms with Gasteiger partial charge in [0.1, 0.15) is 5.82 Å². The van der Waals surface area contributed by atoms with Crippen LogP contribution in [0, 0.1) is 30.3 Å². The Morgan fingerprint density at radius 2 is 1.38 bits per heavy atom. The van der Waals surface area contributed by atoms with E-state index in [0.29, 0.717) is 35.8 Å². The third-order valence-electron chi connectivity index (χ3n) is 5.12. The van der Waals surface area contributed by atoms with Gasteiger partial charge in [-0.15, -0.1) is 0 Å². The van der Waals surface area contributed by atoms with E-state index in [0.717, 1.165) is 5.56 Å². The summed E-state index contributed by atoms with van der Waals surface area (Å²) in [5.41, 5.74) is 2.83. The van der Waals surface area contributed by atoms with Crippen molar-refractivity contribution in [2.45, 2.75) is 20.1 Å². The summed E-state index contributed by atoms with van der Waals surface area (Å²) in [5.74, 6) is -1.82. The topological polar surface area (TPSA) is 18.5 Å². The Labute approximate surface area is 167 Å². The first kappa shape index (κ1) is 19.7. The highest BCUT2D eigenvalue weighted by Crippen LogP contribution is 2.32. The average molecular weight is 398 g/mol. The lowest BCUT2D eigenvalue weighted by molar-refractivity contribution is -0.203. The fourth-order valence-electron chi connectivity index (χ4n) is 3.39. The normalized spacial score (nSPS) is 19.3. The van der Waals surface area contributed by atoms with E-state index < -0.39 is 23.7 Å². The molecule has 0 saturated carbocycles. The summed E-state index contributed by atoms with van der Waals surface area (Å²) in [7, 11) is 0. The van der Waals surface area contributed by atoms with Crippen LogP contribution in [-0.2, 0) is 9.47 Å². The van der Waals surface area contributed by atoms with Crippen LogP contribution in [0.2, 0.25) is 0 Å². The lowest BCUT2D eigenvalue weighted by Crippen LogP contribution is -2.25. The van der Waals surface area contributed by atoms with Crippen molar-refractivity contribution in [2.75, 3.05) is 13.2 Å². The first-order chi connectivity index (χ1) is 13.9. The summed E-state index contributed by atoms with van der Waals surface area (Å²) in [6.07, 6.45) is -0.693. The van der Waals surface area contributed by atoms with Gasteiger partial charge in [-0.05, 0) is 35.2 Å². The van der Waals surface area contributed by atoms with Crippen LogP contribution in [0.15, 0.2) is 54.6 Å². The third kappa shape index (κ3) is 3.93. The van der Waals surface area contributed by atoms with Gasteiger partial charge in [-0.25, -0.2) is 13.2 Å². The molecule has 0 bridgehead atoms. The molecule has 1 aliphatic rings. The zero-order valence-corrected chi connectivity index (χ0v) is 16.2. The fourth-order valence-corrected chi connectivity index (χ4v) is 3.39. The van der Waals surface area contributed by atoms with Gasteiger partial charge in [-0.3, -0.25) is 0 Å². The summed E-state index contributed by atoms with van der Waals surface area (Å²) in [6.45, 7) is 4.59. The molecular formula is C24H21F3O2. The Kier molecular flexibility index (Phi) is 5.43. The standard InChI is InChI=1S/C24H21F3O2/c1-14-12-28-24(29-13-14)20-10-8-18(11-21(20)25)16-4-6-17(7-5-16)19-9-3-15(2)22(26)23(19)27/h3-11,14,24H,12-13H2,1-2H3. The van der Waals surface area contributed by atoms with Crippen LogP contribution in [0.4, 0.5) is 13.2 Å². The highest BCUT2D eigenvalue weighted by Gasteiger charge is 2.23. The Bertz CT molecular complexity index is 1020. The summed E-state index contributed by atoms with van der Waals surface area (Å²) < 4.78 is 53.8. The predicted molar refractivity (Wildman–Crippen MR) is 106 cm³/mol. The van der Waals surface area contributed by atoms with Crippen LogP contribution in [-0.4, -0.2) is 13.2 Å². The second kappa shape index (κ2) is 8.01. The van der Waals surface area contributed by atoms with E-state index in [-0.39, 0.29) is 11.1 Å². The van der Waals surface area contributed by atoms with Gasteiger partial charge in [0.25, 0.3) is 0 Å². The molecule has 4 rings (SSSR count). The predicted octanol–water partition coefficient (Wildman–Crippen LogP) is 6.43. The van der Waals surface area contributed by atoms with Gasteiger partial charge in [-0.2, -0.15) is 0 Å². The van der Waals surface area contributed by atoms with Crippen LogP contribution in [0.25, 0.3) is 22.3 Å². The fraction of sp³-hybridized carbons (Fsp3) is 0.250. The molecule has 3 aromatic rings. The molecule has 0 N–H and O–H groups in total. The number of hydrogen-bond donors (Lipinski definition) is 0. The largest absolute Gasteiger partial charge is 0.348 e. The Hall–Kier alpha value is -2.63. The molecule has 2 nitrogen and oxygen atoms in total. The molecule has 1 heterocycles. The highest BCUT2D eigenvalue weighted by atomic mass is 19.2. The molecule has 0 radical (unpaired) electrons. The second-order valence-corrected chi connectivity index (χ2v) is 7.48. The number of benzene rings is 3. The molecule has 5 heteroatoms. The lowest BCUT2D eigenvalue weighted by atomic mass is 9.98. The molecule has 29 heavy (non-hydrogen) atoms. The molecule has 0 unspecified atom stereocenters. The molecule has 0 aliphatic carbocycles. The van der Waals surface area contributed by atoms with Crippen LogP contribution < -0.4 is 0 Å². The summed E-state index contributed by atoms with van der Waals surface area (Å²) in [6, 6.07) is 14.9. The maximum Gasteiger partial charge on any atom is 0.186 e. The lowest BCUT2D eigenvalue weighted by Gasteiger charge is -2.27. The molecule has 0 atom stereocenters. The number of rotatable bonds is 3. The molecule has 1 fully saturated rings. The number of hydrogen-bond acceptors (Lipinski definition) is 2. The maximum atomic E-state index is 14.6. The molecule has 0 spiro atoms. The van der Waals surface area contributed by atoms with Crippen LogP contribution in [0.5, 0.6) is 0 Å². The van der Waals surface area contributed by atoms with Crippen molar-refractivity contribution in [3.05, 3.63) is 83.2 Å². The van der Waals surface area contributed by atoms with Gasteiger partial charge in [0, 0.05) is 17.0 Å². The molecule has 1 saturated heterocycles. The van der Waals surface area contributed by atoms with E-state index in [1.54, 1.807) is 48.5 Å². The SMILES string of the molecule is Cc1ccc(-c2ccc(-c3ccc(C4OCC(C)CO4)c(F)c3)cc2)c(F)c1F. The van der Waals surface area contributed by atoms with Crippen LogP contribution >= 0.6 is 0 Å². The van der Waals surface area contributed by atoms with Crippen molar-refractivity contribution >= 4 is 0 Å². The number of halogens is 3. The van der Waals surface area contributed by atoms with Crippen molar-refractivity contribution < 1.29 is 22.6 Å². The summed E-state index contributed by atoms with van der Waals surface area (Å²) >= 11 is 0. The van der Waals surface area contributed by atoms with E-state index in [1.165, 1.54) is 13.0 Å². The Morgan fingerprint density at radius 3 is 2.03 bits per heavy atom. The molecule has 1 aliphatic heterocycles. The third-order valence-corrected chi connectivity index (χ3v) is 5.12.